The van der Waals surface area contributed by atoms with Gasteiger partial charge in [-0.05, 0) is 24.3 Å². The van der Waals surface area contributed by atoms with Crippen molar-refractivity contribution in [3.63, 3.8) is 0 Å². The molecule has 1 aliphatic heterocycles. The highest BCUT2D eigenvalue weighted by molar-refractivity contribution is 8.15. The fraction of sp³-hybridized carbons (Fsp3) is 0.231. The molecule has 0 saturated carbocycles. The van der Waals surface area contributed by atoms with Gasteiger partial charge in [-0.1, -0.05) is 30.3 Å². The van der Waals surface area contributed by atoms with Gasteiger partial charge in [0.1, 0.15) is 0 Å². The van der Waals surface area contributed by atoms with Crippen molar-refractivity contribution in [2.24, 2.45) is 4.99 Å². The van der Waals surface area contributed by atoms with Crippen LogP contribution >= 0.6 is 23.4 Å². The van der Waals surface area contributed by atoms with E-state index in [1.54, 1.807) is 18.0 Å². The molecule has 1 aromatic heterocycles. The summed E-state index contributed by atoms with van der Waals surface area (Å²) in [6.45, 7) is 3.03. The minimum Gasteiger partial charge on any atom is -0.333 e. The number of rotatable bonds is 1. The molecule has 1 atom stereocenters. The molecule has 0 bridgehead atoms. The molecule has 1 unspecified atom stereocenters. The zero-order valence-electron chi connectivity index (χ0n) is 9.85. The lowest BCUT2D eigenvalue weighted by atomic mass is 10.2. The first-order valence-corrected chi connectivity index (χ1v) is 7.01. The van der Waals surface area contributed by atoms with Crippen molar-refractivity contribution in [1.29, 1.82) is 0 Å². The molecule has 1 aliphatic rings. The Labute approximate surface area is 115 Å². The molecule has 0 saturated heterocycles. The topological polar surface area (TPSA) is 37.3 Å². The van der Waals surface area contributed by atoms with Crippen LogP contribution in [-0.4, -0.2) is 21.9 Å². The van der Waals surface area contributed by atoms with Crippen LogP contribution in [0.1, 0.15) is 6.92 Å². The molecule has 0 aliphatic carbocycles. The molecule has 5 heteroatoms. The summed E-state index contributed by atoms with van der Waals surface area (Å²) in [5, 5.41) is 6.51. The average Bonchev–Trinajstić information content (AvgIpc) is 2.79. The number of pyridine rings is 1. The Morgan fingerprint density at radius 1 is 1.39 bits per heavy atom. The fourth-order valence-electron chi connectivity index (χ4n) is 1.90. The predicted octanol–water partition coefficient (Wildman–Crippen LogP) is 3.79. The van der Waals surface area contributed by atoms with Crippen LogP contribution < -0.4 is 5.32 Å². The van der Waals surface area contributed by atoms with Gasteiger partial charge in [-0.3, -0.25) is 9.98 Å². The van der Waals surface area contributed by atoms with Crippen molar-refractivity contribution < 1.29 is 0 Å². The van der Waals surface area contributed by atoms with Crippen molar-refractivity contribution in [2.75, 3.05) is 11.9 Å². The van der Waals surface area contributed by atoms with Gasteiger partial charge in [0, 0.05) is 16.8 Å². The van der Waals surface area contributed by atoms with E-state index < -0.39 is 0 Å². The molecule has 3 rings (SSSR count). The maximum atomic E-state index is 6.17. The molecule has 2 aromatic rings. The first kappa shape index (κ1) is 11.8. The Bertz CT molecular complexity index is 627. The summed E-state index contributed by atoms with van der Waals surface area (Å²) < 4.78 is 0. The Morgan fingerprint density at radius 2 is 2.28 bits per heavy atom. The van der Waals surface area contributed by atoms with E-state index in [4.69, 9.17) is 11.6 Å². The van der Waals surface area contributed by atoms with E-state index in [1.807, 2.05) is 24.3 Å². The number of fused-ring (bicyclic) bond motifs is 1. The van der Waals surface area contributed by atoms with Gasteiger partial charge in [-0.15, -0.1) is 0 Å². The molecule has 0 fully saturated rings. The summed E-state index contributed by atoms with van der Waals surface area (Å²) in [4.78, 5) is 8.84. The van der Waals surface area contributed by atoms with E-state index in [9.17, 15) is 0 Å². The lowest BCUT2D eigenvalue weighted by Crippen LogP contribution is -2.06. The standard InChI is InChI=1S/C13H12ClN3S/c1-8-7-16-13(18-8)17-11-5-4-10(14)9-3-2-6-15-12(9)11/h2-6,8H,7H2,1H3,(H,16,17). The molecular formula is C13H12ClN3S. The molecule has 0 radical (unpaired) electrons. The van der Waals surface area contributed by atoms with E-state index in [0.717, 1.165) is 33.3 Å². The number of benzene rings is 1. The number of aromatic nitrogens is 1. The summed E-state index contributed by atoms with van der Waals surface area (Å²) in [6, 6.07) is 7.70. The van der Waals surface area contributed by atoms with Crippen molar-refractivity contribution >= 4 is 45.1 Å². The maximum Gasteiger partial charge on any atom is 0.161 e. The van der Waals surface area contributed by atoms with Crippen LogP contribution in [0.25, 0.3) is 10.9 Å². The SMILES string of the molecule is CC1CN=C(Nc2ccc(Cl)c3cccnc23)S1. The van der Waals surface area contributed by atoms with Gasteiger partial charge in [0.05, 0.1) is 22.8 Å². The van der Waals surface area contributed by atoms with Gasteiger partial charge in [-0.25, -0.2) is 0 Å². The molecule has 0 spiro atoms. The van der Waals surface area contributed by atoms with Crippen LogP contribution in [-0.2, 0) is 0 Å². The zero-order valence-corrected chi connectivity index (χ0v) is 11.4. The summed E-state index contributed by atoms with van der Waals surface area (Å²) in [5.41, 5.74) is 1.84. The van der Waals surface area contributed by atoms with Crippen LogP contribution in [0.3, 0.4) is 0 Å². The zero-order chi connectivity index (χ0) is 12.5. The number of thioether (sulfide) groups is 1. The third-order valence-electron chi connectivity index (χ3n) is 2.76. The van der Waals surface area contributed by atoms with Crippen molar-refractivity contribution in [1.82, 2.24) is 4.98 Å². The lowest BCUT2D eigenvalue weighted by molar-refractivity contribution is 0.976. The third-order valence-corrected chi connectivity index (χ3v) is 4.10. The monoisotopic (exact) mass is 277 g/mol. The average molecular weight is 278 g/mol. The van der Waals surface area contributed by atoms with Gasteiger partial charge < -0.3 is 5.32 Å². The Kier molecular flexibility index (Phi) is 3.14. The molecule has 92 valence electrons. The summed E-state index contributed by atoms with van der Waals surface area (Å²) in [6.07, 6.45) is 1.77. The van der Waals surface area contributed by atoms with Gasteiger partial charge in [0.15, 0.2) is 5.17 Å². The number of hydrogen-bond donors (Lipinski definition) is 1. The Morgan fingerprint density at radius 3 is 3.06 bits per heavy atom. The first-order valence-electron chi connectivity index (χ1n) is 5.75. The molecule has 3 nitrogen and oxygen atoms in total. The van der Waals surface area contributed by atoms with Crippen LogP contribution in [0.4, 0.5) is 5.69 Å². The molecule has 1 aromatic carbocycles. The Balaban J connectivity index is 2.00. The van der Waals surface area contributed by atoms with E-state index in [-0.39, 0.29) is 0 Å². The minimum atomic E-state index is 0.541. The van der Waals surface area contributed by atoms with Crippen LogP contribution in [0.2, 0.25) is 5.02 Å². The van der Waals surface area contributed by atoms with E-state index >= 15 is 0 Å². The smallest absolute Gasteiger partial charge is 0.161 e. The van der Waals surface area contributed by atoms with Crippen molar-refractivity contribution in [3.8, 4) is 0 Å². The lowest BCUT2D eigenvalue weighted by Gasteiger charge is -2.09. The van der Waals surface area contributed by atoms with Crippen molar-refractivity contribution in [2.45, 2.75) is 12.2 Å². The van der Waals surface area contributed by atoms with Gasteiger partial charge in [0.25, 0.3) is 0 Å². The highest BCUT2D eigenvalue weighted by Crippen LogP contribution is 2.30. The quantitative estimate of drug-likeness (QED) is 0.862. The summed E-state index contributed by atoms with van der Waals surface area (Å²) >= 11 is 7.92. The number of anilines is 1. The van der Waals surface area contributed by atoms with Gasteiger partial charge >= 0.3 is 0 Å². The number of hydrogen-bond acceptors (Lipinski definition) is 4. The molecule has 18 heavy (non-hydrogen) atoms. The van der Waals surface area contributed by atoms with E-state index in [0.29, 0.717) is 5.25 Å². The number of amidine groups is 1. The predicted molar refractivity (Wildman–Crippen MR) is 79.7 cm³/mol. The number of aliphatic imine (C=N–C) groups is 1. The molecule has 0 amide bonds. The maximum absolute atomic E-state index is 6.17. The minimum absolute atomic E-state index is 0.541. The summed E-state index contributed by atoms with van der Waals surface area (Å²) in [7, 11) is 0. The second-order valence-corrected chi connectivity index (χ2v) is 6.03. The molecule has 2 heterocycles. The van der Waals surface area contributed by atoms with E-state index in [2.05, 4.69) is 22.2 Å². The number of halogens is 1. The number of nitrogens with zero attached hydrogens (tertiary/aromatic N) is 2. The van der Waals surface area contributed by atoms with E-state index in [1.165, 1.54) is 0 Å². The normalized spacial score (nSPS) is 19.0. The van der Waals surface area contributed by atoms with Crippen molar-refractivity contribution in [3.05, 3.63) is 35.5 Å². The van der Waals surface area contributed by atoms with Gasteiger partial charge in [0.2, 0.25) is 0 Å². The second kappa shape index (κ2) is 4.78. The highest BCUT2D eigenvalue weighted by atomic mass is 35.5. The van der Waals surface area contributed by atoms with Gasteiger partial charge in [-0.2, -0.15) is 0 Å². The third kappa shape index (κ3) is 2.18. The second-order valence-electron chi connectivity index (χ2n) is 4.19. The largest absolute Gasteiger partial charge is 0.333 e. The number of nitrogens with one attached hydrogen (secondary N) is 1. The fourth-order valence-corrected chi connectivity index (χ4v) is 2.96. The highest BCUT2D eigenvalue weighted by Gasteiger charge is 2.16. The Hall–Kier alpha value is -1.26. The summed E-state index contributed by atoms with van der Waals surface area (Å²) in [5.74, 6) is 0. The van der Waals surface area contributed by atoms with Crippen LogP contribution in [0.5, 0.6) is 0 Å². The molecular weight excluding hydrogens is 266 g/mol. The first-order chi connectivity index (χ1) is 8.74. The molecule has 1 N–H and O–H groups in total. The van der Waals surface area contributed by atoms with Crippen LogP contribution in [0, 0.1) is 0 Å². The van der Waals surface area contributed by atoms with Crippen LogP contribution in [0.15, 0.2) is 35.5 Å².